The van der Waals surface area contributed by atoms with Crippen molar-refractivity contribution in [2.75, 3.05) is 0 Å². The summed E-state index contributed by atoms with van der Waals surface area (Å²) in [7, 11) is 0. The molecule has 0 bridgehead atoms. The Labute approximate surface area is 96.5 Å². The number of rotatable bonds is 2. The zero-order valence-electron chi connectivity index (χ0n) is 8.49. The third-order valence-electron chi connectivity index (χ3n) is 2.24. The average molecular weight is 243 g/mol. The molecule has 1 aromatic carbocycles. The van der Waals surface area contributed by atoms with Gasteiger partial charge < -0.3 is 0 Å². The topological polar surface area (TPSA) is 17.8 Å². The molecule has 2 rings (SSSR count). The van der Waals surface area contributed by atoms with Crippen LogP contribution in [-0.4, -0.2) is 9.55 Å². The first-order chi connectivity index (χ1) is 7.59. The van der Waals surface area contributed by atoms with E-state index in [-0.39, 0.29) is 10.8 Å². The molecule has 5 heteroatoms. The Bertz CT molecular complexity index is 508. The molecule has 0 amide bonds. The first-order valence-electron chi connectivity index (χ1n) is 4.67. The second-order valence-electron chi connectivity index (χ2n) is 3.43. The Morgan fingerprint density at radius 2 is 2.12 bits per heavy atom. The molecule has 0 radical (unpaired) electrons. The highest BCUT2D eigenvalue weighted by Crippen LogP contribution is 2.28. The van der Waals surface area contributed by atoms with Gasteiger partial charge in [-0.15, -0.1) is 0 Å². The number of benzene rings is 1. The van der Waals surface area contributed by atoms with Crippen molar-refractivity contribution in [2.24, 2.45) is 0 Å². The van der Waals surface area contributed by atoms with Gasteiger partial charge in [0.05, 0.1) is 0 Å². The lowest BCUT2D eigenvalue weighted by Gasteiger charge is -2.08. The second kappa shape index (κ2) is 4.22. The second-order valence-corrected chi connectivity index (χ2v) is 3.79. The summed E-state index contributed by atoms with van der Waals surface area (Å²) < 4.78 is 26.8. The highest BCUT2D eigenvalue weighted by atomic mass is 35.5. The lowest BCUT2D eigenvalue weighted by molar-refractivity contribution is 0.144. The molecule has 0 spiro atoms. The Morgan fingerprint density at radius 1 is 1.38 bits per heavy atom. The van der Waals surface area contributed by atoms with Crippen LogP contribution in [0.3, 0.4) is 0 Å². The Morgan fingerprint density at radius 3 is 2.75 bits per heavy atom. The van der Waals surface area contributed by atoms with E-state index < -0.39 is 6.43 Å². The number of halogens is 3. The van der Waals surface area contributed by atoms with Crippen molar-refractivity contribution in [3.63, 3.8) is 0 Å². The van der Waals surface area contributed by atoms with Crippen LogP contribution in [0, 0.1) is 6.92 Å². The minimum absolute atomic E-state index is 0.156. The van der Waals surface area contributed by atoms with Crippen molar-refractivity contribution in [3.05, 3.63) is 47.0 Å². The molecule has 0 aliphatic rings. The van der Waals surface area contributed by atoms with Gasteiger partial charge in [-0.1, -0.05) is 23.7 Å². The van der Waals surface area contributed by atoms with Crippen LogP contribution in [-0.2, 0) is 0 Å². The molecule has 0 fully saturated rings. The molecular formula is C11H9ClF2N2. The van der Waals surface area contributed by atoms with E-state index in [1.807, 2.05) is 13.0 Å². The van der Waals surface area contributed by atoms with Gasteiger partial charge in [-0.25, -0.2) is 13.8 Å². The summed E-state index contributed by atoms with van der Waals surface area (Å²) in [4.78, 5) is 3.69. The lowest BCUT2D eigenvalue weighted by Crippen LogP contribution is -1.99. The van der Waals surface area contributed by atoms with Gasteiger partial charge in [0, 0.05) is 5.69 Å². The van der Waals surface area contributed by atoms with Gasteiger partial charge in [0.2, 0.25) is 0 Å². The van der Waals surface area contributed by atoms with E-state index in [1.54, 1.807) is 18.2 Å². The highest BCUT2D eigenvalue weighted by Gasteiger charge is 2.19. The van der Waals surface area contributed by atoms with Gasteiger partial charge in [-0.05, 0) is 24.6 Å². The minimum Gasteiger partial charge on any atom is -0.297 e. The van der Waals surface area contributed by atoms with Crippen LogP contribution in [0.1, 0.15) is 17.7 Å². The number of hydrogen-bond acceptors (Lipinski definition) is 1. The zero-order valence-corrected chi connectivity index (χ0v) is 9.25. The summed E-state index contributed by atoms with van der Waals surface area (Å²) >= 11 is 5.62. The first kappa shape index (κ1) is 11.1. The largest absolute Gasteiger partial charge is 0.297 e. The number of imidazole rings is 1. The van der Waals surface area contributed by atoms with Crippen LogP contribution in [0.15, 0.2) is 30.6 Å². The smallest absolute Gasteiger partial charge is 0.281 e. The van der Waals surface area contributed by atoms with E-state index in [4.69, 9.17) is 11.6 Å². The zero-order chi connectivity index (χ0) is 11.7. The summed E-state index contributed by atoms with van der Waals surface area (Å²) in [5.41, 5.74) is 1.35. The monoisotopic (exact) mass is 242 g/mol. The van der Waals surface area contributed by atoms with E-state index in [2.05, 4.69) is 4.98 Å². The van der Waals surface area contributed by atoms with Crippen LogP contribution < -0.4 is 0 Å². The summed E-state index contributed by atoms with van der Waals surface area (Å²) in [5.74, 6) is 0. The fraction of sp³-hybridized carbons (Fsp3) is 0.182. The number of aromatic nitrogens is 2. The SMILES string of the molecule is Cc1cccc(-n2cnc(Cl)c2C(F)F)c1. The highest BCUT2D eigenvalue weighted by molar-refractivity contribution is 6.30. The van der Waals surface area contributed by atoms with E-state index >= 15 is 0 Å². The maximum absolute atomic E-state index is 12.8. The first-order valence-corrected chi connectivity index (χ1v) is 5.05. The molecule has 0 saturated carbocycles. The summed E-state index contributed by atoms with van der Waals surface area (Å²) in [6.45, 7) is 1.89. The van der Waals surface area contributed by atoms with Gasteiger partial charge in [-0.3, -0.25) is 4.57 Å². The van der Waals surface area contributed by atoms with Gasteiger partial charge in [0.25, 0.3) is 6.43 Å². The molecule has 84 valence electrons. The number of alkyl halides is 2. The van der Waals surface area contributed by atoms with Crippen LogP contribution in [0.25, 0.3) is 5.69 Å². The fourth-order valence-corrected chi connectivity index (χ4v) is 1.73. The van der Waals surface area contributed by atoms with E-state index in [1.165, 1.54) is 10.9 Å². The molecular weight excluding hydrogens is 234 g/mol. The number of hydrogen-bond donors (Lipinski definition) is 0. The van der Waals surface area contributed by atoms with Crippen LogP contribution in [0.4, 0.5) is 8.78 Å². The van der Waals surface area contributed by atoms with Crippen LogP contribution in [0.5, 0.6) is 0 Å². The molecule has 0 saturated heterocycles. The normalized spacial score (nSPS) is 11.1. The van der Waals surface area contributed by atoms with Crippen LogP contribution in [0.2, 0.25) is 5.15 Å². The van der Waals surface area contributed by atoms with E-state index in [0.717, 1.165) is 5.56 Å². The third kappa shape index (κ3) is 1.93. The van der Waals surface area contributed by atoms with Crippen molar-refractivity contribution >= 4 is 11.6 Å². The Balaban J connectivity index is 2.56. The third-order valence-corrected chi connectivity index (χ3v) is 2.54. The van der Waals surface area contributed by atoms with Gasteiger partial charge in [0.1, 0.15) is 12.0 Å². The quantitative estimate of drug-likeness (QED) is 0.784. The van der Waals surface area contributed by atoms with Crippen molar-refractivity contribution in [1.82, 2.24) is 9.55 Å². The summed E-state index contributed by atoms with van der Waals surface area (Å²) in [5, 5.41) is -0.156. The maximum atomic E-state index is 12.8. The predicted octanol–water partition coefficient (Wildman–Crippen LogP) is 3.77. The lowest BCUT2D eigenvalue weighted by atomic mass is 10.2. The number of aryl methyl sites for hydroxylation is 1. The average Bonchev–Trinajstić information content (AvgIpc) is 2.60. The van der Waals surface area contributed by atoms with E-state index in [0.29, 0.717) is 5.69 Å². The fourth-order valence-electron chi connectivity index (χ4n) is 1.51. The molecule has 1 aromatic heterocycles. The van der Waals surface area contributed by atoms with E-state index in [9.17, 15) is 8.78 Å². The molecule has 0 unspecified atom stereocenters. The molecule has 0 aliphatic carbocycles. The van der Waals surface area contributed by atoms with Crippen molar-refractivity contribution < 1.29 is 8.78 Å². The Hall–Kier alpha value is -1.42. The molecule has 2 aromatic rings. The summed E-state index contributed by atoms with van der Waals surface area (Å²) in [6, 6.07) is 7.22. The minimum atomic E-state index is -2.64. The van der Waals surface area contributed by atoms with Crippen LogP contribution >= 0.6 is 11.6 Å². The molecule has 16 heavy (non-hydrogen) atoms. The molecule has 0 aliphatic heterocycles. The van der Waals surface area contributed by atoms with Crippen molar-refractivity contribution in [2.45, 2.75) is 13.3 Å². The maximum Gasteiger partial charge on any atom is 0.281 e. The van der Waals surface area contributed by atoms with Gasteiger partial charge in [0.15, 0.2) is 5.15 Å². The predicted molar refractivity (Wildman–Crippen MR) is 58.3 cm³/mol. The molecule has 0 N–H and O–H groups in total. The van der Waals surface area contributed by atoms with Crippen molar-refractivity contribution in [1.29, 1.82) is 0 Å². The molecule has 2 nitrogen and oxygen atoms in total. The molecule has 1 heterocycles. The summed E-state index contributed by atoms with van der Waals surface area (Å²) in [6.07, 6.45) is -1.34. The Kier molecular flexibility index (Phi) is 2.92. The van der Waals surface area contributed by atoms with Gasteiger partial charge >= 0.3 is 0 Å². The van der Waals surface area contributed by atoms with Gasteiger partial charge in [-0.2, -0.15) is 0 Å². The number of nitrogens with zero attached hydrogens (tertiary/aromatic N) is 2. The molecule has 0 atom stereocenters. The van der Waals surface area contributed by atoms with Crippen molar-refractivity contribution in [3.8, 4) is 5.69 Å². The standard InChI is InChI=1S/C11H9ClF2N2/c1-7-3-2-4-8(5-7)16-6-15-10(12)9(16)11(13)14/h2-6,11H,1H3.